The molecule has 1 aliphatic rings. The van der Waals surface area contributed by atoms with E-state index in [1.165, 1.54) is 19.1 Å². The first-order chi connectivity index (χ1) is 15.4. The van der Waals surface area contributed by atoms with E-state index in [2.05, 4.69) is 20.6 Å². The molecule has 3 rings (SSSR count). The van der Waals surface area contributed by atoms with E-state index in [-0.39, 0.29) is 36.2 Å². The molecule has 12 heteroatoms. The molecule has 178 valence electrons. The normalized spacial score (nSPS) is 18.0. The number of likely N-dealkylation sites (tertiary alicyclic amines) is 1. The van der Waals surface area contributed by atoms with Crippen molar-refractivity contribution in [2.45, 2.75) is 44.8 Å². The van der Waals surface area contributed by atoms with Gasteiger partial charge in [0.15, 0.2) is 0 Å². The molecular formula is C21H22F5N5O2. The number of rotatable bonds is 5. The van der Waals surface area contributed by atoms with E-state index in [9.17, 15) is 31.5 Å². The Morgan fingerprint density at radius 1 is 1.21 bits per heavy atom. The van der Waals surface area contributed by atoms with Gasteiger partial charge in [-0.1, -0.05) is 6.07 Å². The number of hydrogen-bond donors (Lipinski definition) is 2. The van der Waals surface area contributed by atoms with Gasteiger partial charge < -0.3 is 15.5 Å². The lowest BCUT2D eigenvalue weighted by Gasteiger charge is -2.39. The van der Waals surface area contributed by atoms with Crippen LogP contribution in [0.15, 0.2) is 30.5 Å². The van der Waals surface area contributed by atoms with Gasteiger partial charge >= 0.3 is 6.18 Å². The van der Waals surface area contributed by atoms with Crippen LogP contribution in [0.3, 0.4) is 0 Å². The predicted molar refractivity (Wildman–Crippen MR) is 109 cm³/mol. The van der Waals surface area contributed by atoms with Crippen LogP contribution in [-0.2, 0) is 11.0 Å². The lowest BCUT2D eigenvalue weighted by Crippen LogP contribution is -2.55. The number of halogens is 5. The number of alkyl halides is 5. The molecular weight excluding hydrogens is 449 g/mol. The highest BCUT2D eigenvalue weighted by Crippen LogP contribution is 2.32. The molecule has 0 bridgehead atoms. The van der Waals surface area contributed by atoms with Gasteiger partial charge in [-0.05, 0) is 37.1 Å². The van der Waals surface area contributed by atoms with Crippen LogP contribution in [-0.4, -0.2) is 51.7 Å². The second kappa shape index (κ2) is 9.28. The van der Waals surface area contributed by atoms with Crippen LogP contribution in [0.2, 0.25) is 0 Å². The van der Waals surface area contributed by atoms with Crippen molar-refractivity contribution in [3.63, 3.8) is 0 Å². The fourth-order valence-electron chi connectivity index (χ4n) is 3.46. The second-order valence-corrected chi connectivity index (χ2v) is 7.83. The number of carbonyl (C=O) groups excluding carboxylic acids is 2. The van der Waals surface area contributed by atoms with Crippen molar-refractivity contribution in [3.05, 3.63) is 47.3 Å². The van der Waals surface area contributed by atoms with Crippen LogP contribution in [0.4, 0.5) is 33.6 Å². The quantitative estimate of drug-likeness (QED) is 0.646. The molecule has 0 spiro atoms. The number of aromatic nitrogens is 2. The number of nitrogens with one attached hydrogen (secondary N) is 2. The molecule has 1 aliphatic heterocycles. The standard InChI is InChI=1S/C21H22F5N5O2/c1-12-3-4-16(29-17-9-14(6-8-27-17)21(24,25)26)30-18(12)19(33)31-11-20(22,23)7-5-15(31)10-28-13(2)32/h3-4,6,8-9,15H,5,7,10-11H2,1-2H3,(H,28,32)(H,27,29,30). The summed E-state index contributed by atoms with van der Waals surface area (Å²) in [6, 6.07) is 3.89. The van der Waals surface area contributed by atoms with Gasteiger partial charge in [-0.25, -0.2) is 18.7 Å². The van der Waals surface area contributed by atoms with E-state index in [1.54, 1.807) is 6.92 Å². The summed E-state index contributed by atoms with van der Waals surface area (Å²) in [6.45, 7) is 2.04. The number of piperidine rings is 1. The maximum Gasteiger partial charge on any atom is 0.416 e. The van der Waals surface area contributed by atoms with Crippen molar-refractivity contribution in [2.24, 2.45) is 0 Å². The van der Waals surface area contributed by atoms with Crippen LogP contribution in [0.5, 0.6) is 0 Å². The molecule has 33 heavy (non-hydrogen) atoms. The Morgan fingerprint density at radius 2 is 1.94 bits per heavy atom. The van der Waals surface area contributed by atoms with Gasteiger partial charge in [0.05, 0.1) is 12.1 Å². The number of hydrogen-bond acceptors (Lipinski definition) is 5. The van der Waals surface area contributed by atoms with Gasteiger partial charge in [0.2, 0.25) is 5.91 Å². The molecule has 1 atom stereocenters. The highest BCUT2D eigenvalue weighted by molar-refractivity contribution is 5.94. The Kier molecular flexibility index (Phi) is 6.84. The van der Waals surface area contributed by atoms with Crippen molar-refractivity contribution < 1.29 is 31.5 Å². The number of pyridine rings is 2. The summed E-state index contributed by atoms with van der Waals surface area (Å²) in [5, 5.41) is 5.16. The summed E-state index contributed by atoms with van der Waals surface area (Å²) in [5.41, 5.74) is -0.646. The van der Waals surface area contributed by atoms with Gasteiger partial charge in [-0.3, -0.25) is 9.59 Å². The van der Waals surface area contributed by atoms with Crippen LogP contribution in [0, 0.1) is 6.92 Å². The maximum atomic E-state index is 14.1. The Morgan fingerprint density at radius 3 is 2.61 bits per heavy atom. The zero-order chi connectivity index (χ0) is 24.4. The maximum absolute atomic E-state index is 14.1. The topological polar surface area (TPSA) is 87.2 Å². The van der Waals surface area contributed by atoms with Gasteiger partial charge in [0, 0.05) is 32.1 Å². The minimum atomic E-state index is -4.57. The largest absolute Gasteiger partial charge is 0.416 e. The third-order valence-electron chi connectivity index (χ3n) is 5.18. The molecule has 3 heterocycles. The first-order valence-electron chi connectivity index (χ1n) is 10.1. The molecule has 0 aromatic carbocycles. The van der Waals surface area contributed by atoms with E-state index in [4.69, 9.17) is 0 Å². The van der Waals surface area contributed by atoms with Crippen molar-refractivity contribution in [2.75, 3.05) is 18.4 Å². The fraction of sp³-hybridized carbons (Fsp3) is 0.429. The van der Waals surface area contributed by atoms with Crippen LogP contribution in [0.1, 0.15) is 41.4 Å². The second-order valence-electron chi connectivity index (χ2n) is 7.83. The molecule has 2 N–H and O–H groups in total. The Balaban J connectivity index is 1.87. The van der Waals surface area contributed by atoms with Crippen molar-refractivity contribution in [1.82, 2.24) is 20.2 Å². The summed E-state index contributed by atoms with van der Waals surface area (Å²) in [5.74, 6) is -4.32. The van der Waals surface area contributed by atoms with Crippen molar-refractivity contribution >= 4 is 23.5 Å². The molecule has 2 amide bonds. The first kappa shape index (κ1) is 24.3. The molecule has 0 aliphatic carbocycles. The summed E-state index contributed by atoms with van der Waals surface area (Å²) >= 11 is 0. The molecule has 0 saturated carbocycles. The zero-order valence-electron chi connectivity index (χ0n) is 17.8. The Labute approximate surface area is 186 Å². The van der Waals surface area contributed by atoms with Gasteiger partial charge in [0.1, 0.15) is 17.3 Å². The van der Waals surface area contributed by atoms with Crippen molar-refractivity contribution in [1.29, 1.82) is 0 Å². The third-order valence-corrected chi connectivity index (χ3v) is 5.18. The van der Waals surface area contributed by atoms with Gasteiger partial charge in [-0.15, -0.1) is 0 Å². The summed E-state index contributed by atoms with van der Waals surface area (Å²) < 4.78 is 67.0. The molecule has 7 nitrogen and oxygen atoms in total. The van der Waals surface area contributed by atoms with E-state index in [0.717, 1.165) is 23.2 Å². The number of aryl methyl sites for hydroxylation is 1. The summed E-state index contributed by atoms with van der Waals surface area (Å²) in [7, 11) is 0. The van der Waals surface area contributed by atoms with Crippen molar-refractivity contribution in [3.8, 4) is 0 Å². The van der Waals surface area contributed by atoms with E-state index in [0.29, 0.717) is 5.56 Å². The lowest BCUT2D eigenvalue weighted by molar-refractivity contribution is -0.137. The monoisotopic (exact) mass is 471 g/mol. The van der Waals surface area contributed by atoms with Crippen LogP contribution >= 0.6 is 0 Å². The molecule has 1 saturated heterocycles. The number of carbonyl (C=O) groups is 2. The Hall–Kier alpha value is -3.31. The Bertz CT molecular complexity index is 1040. The minimum Gasteiger partial charge on any atom is -0.354 e. The highest BCUT2D eigenvalue weighted by Gasteiger charge is 2.42. The molecule has 1 unspecified atom stereocenters. The van der Waals surface area contributed by atoms with Crippen LogP contribution < -0.4 is 10.6 Å². The molecule has 1 fully saturated rings. The summed E-state index contributed by atoms with van der Waals surface area (Å²) in [4.78, 5) is 33.4. The molecule has 2 aromatic heterocycles. The predicted octanol–water partition coefficient (Wildman–Crippen LogP) is 3.92. The summed E-state index contributed by atoms with van der Waals surface area (Å²) in [6.07, 6.45) is -4.02. The minimum absolute atomic E-state index is 0.00976. The number of amides is 2. The first-order valence-corrected chi connectivity index (χ1v) is 10.1. The fourth-order valence-corrected chi connectivity index (χ4v) is 3.46. The number of anilines is 2. The highest BCUT2D eigenvalue weighted by atomic mass is 19.4. The van der Waals surface area contributed by atoms with E-state index in [1.807, 2.05) is 0 Å². The van der Waals surface area contributed by atoms with Gasteiger partial charge in [0.25, 0.3) is 11.8 Å². The van der Waals surface area contributed by atoms with Crippen LogP contribution in [0.25, 0.3) is 0 Å². The number of nitrogens with zero attached hydrogens (tertiary/aromatic N) is 3. The zero-order valence-corrected chi connectivity index (χ0v) is 17.8. The average molecular weight is 471 g/mol. The SMILES string of the molecule is CC(=O)NCC1CCC(F)(F)CN1C(=O)c1nc(Nc2cc(C(F)(F)F)ccn2)ccc1C. The van der Waals surface area contributed by atoms with E-state index >= 15 is 0 Å². The lowest BCUT2D eigenvalue weighted by atomic mass is 9.98. The third kappa shape index (κ3) is 6.14. The molecule has 2 aromatic rings. The molecule has 0 radical (unpaired) electrons. The smallest absolute Gasteiger partial charge is 0.354 e. The van der Waals surface area contributed by atoms with E-state index < -0.39 is 42.6 Å². The average Bonchev–Trinajstić information content (AvgIpc) is 2.73. The van der Waals surface area contributed by atoms with Gasteiger partial charge in [-0.2, -0.15) is 13.2 Å².